The van der Waals surface area contributed by atoms with Crippen LogP contribution in [0.5, 0.6) is 0 Å². The summed E-state index contributed by atoms with van der Waals surface area (Å²) in [6.07, 6.45) is 0.453. The van der Waals surface area contributed by atoms with Crippen molar-refractivity contribution in [1.29, 1.82) is 0 Å². The summed E-state index contributed by atoms with van der Waals surface area (Å²) in [6.45, 7) is 0. The maximum Gasteiger partial charge on any atom is 0.225 e. The molecule has 0 aliphatic heterocycles. The summed E-state index contributed by atoms with van der Waals surface area (Å²) in [5.74, 6) is 0.0539. The van der Waals surface area contributed by atoms with Gasteiger partial charge in [0.15, 0.2) is 0 Å². The second-order valence-electron chi connectivity index (χ2n) is 3.23. The van der Waals surface area contributed by atoms with E-state index in [1.165, 1.54) is 10.2 Å². The fraction of sp³-hybridized carbons (Fsp3) is 0.300. The van der Waals surface area contributed by atoms with Gasteiger partial charge in [0.05, 0.1) is 6.42 Å². The van der Waals surface area contributed by atoms with Crippen molar-refractivity contribution in [1.82, 2.24) is 9.88 Å². The van der Waals surface area contributed by atoms with E-state index in [9.17, 15) is 4.79 Å². The molecule has 0 saturated carbocycles. The number of rotatable bonds is 2. The number of fused-ring (bicyclic) bond motifs is 1. The van der Waals surface area contributed by atoms with Crippen LogP contribution in [0.25, 0.3) is 10.2 Å². The molecule has 0 bridgehead atoms. The lowest BCUT2D eigenvalue weighted by Crippen LogP contribution is -2.21. The zero-order chi connectivity index (χ0) is 10.1. The van der Waals surface area contributed by atoms with Gasteiger partial charge in [-0.1, -0.05) is 0 Å². The summed E-state index contributed by atoms with van der Waals surface area (Å²) in [7, 11) is 3.66. The van der Waals surface area contributed by atoms with Crippen molar-refractivity contribution < 1.29 is 4.79 Å². The number of aromatic nitrogens is 1. The predicted octanol–water partition coefficient (Wildman–Crippen LogP) is 1.53. The highest BCUT2D eigenvalue weighted by Gasteiger charge is 2.09. The summed E-state index contributed by atoms with van der Waals surface area (Å²) >= 11 is 1.70. The molecule has 0 radical (unpaired) electrons. The Morgan fingerprint density at radius 1 is 1.64 bits per heavy atom. The smallest absolute Gasteiger partial charge is 0.225 e. The fourth-order valence-electron chi connectivity index (χ4n) is 1.52. The van der Waals surface area contributed by atoms with Gasteiger partial charge < -0.3 is 9.88 Å². The van der Waals surface area contributed by atoms with Crippen molar-refractivity contribution in [3.63, 3.8) is 0 Å². The molecule has 74 valence electrons. The number of carbonyl (C=O) groups excluding carboxylic acids is 1. The van der Waals surface area contributed by atoms with Crippen LogP contribution in [-0.2, 0) is 18.3 Å². The number of thiophene rings is 1. The van der Waals surface area contributed by atoms with Gasteiger partial charge in [-0.3, -0.25) is 4.79 Å². The average Bonchev–Trinajstić information content (AvgIpc) is 2.72. The van der Waals surface area contributed by atoms with Crippen LogP contribution in [0.4, 0.5) is 0 Å². The molecule has 2 aromatic rings. The molecular weight excluding hydrogens is 196 g/mol. The molecule has 1 amide bonds. The molecule has 1 N–H and O–H groups in total. The highest BCUT2D eigenvalue weighted by molar-refractivity contribution is 7.16. The Morgan fingerprint density at radius 3 is 3.07 bits per heavy atom. The molecule has 0 atom stereocenters. The number of aryl methyl sites for hydroxylation is 1. The maximum atomic E-state index is 11.2. The standard InChI is InChI=1S/C10H12N2OS/c1-11-9(13)6-8-5-7-3-4-14-10(7)12(8)2/h3-5H,6H2,1-2H3,(H,11,13). The number of carbonyl (C=O) groups is 1. The Balaban J connectivity index is 2.38. The minimum Gasteiger partial charge on any atom is -0.359 e. The summed E-state index contributed by atoms with van der Waals surface area (Å²) in [5.41, 5.74) is 1.06. The van der Waals surface area contributed by atoms with E-state index < -0.39 is 0 Å². The normalized spacial score (nSPS) is 10.7. The summed E-state index contributed by atoms with van der Waals surface area (Å²) in [5, 5.41) is 5.91. The molecule has 0 saturated heterocycles. The number of hydrogen-bond acceptors (Lipinski definition) is 2. The highest BCUT2D eigenvalue weighted by Crippen LogP contribution is 2.24. The maximum absolute atomic E-state index is 11.2. The SMILES string of the molecule is CNC(=O)Cc1cc2ccsc2n1C. The van der Waals surface area contributed by atoms with Crippen molar-refractivity contribution in [2.75, 3.05) is 7.05 Å². The highest BCUT2D eigenvalue weighted by atomic mass is 32.1. The van der Waals surface area contributed by atoms with Gasteiger partial charge in [-0.2, -0.15) is 0 Å². The van der Waals surface area contributed by atoms with Crippen LogP contribution in [0.2, 0.25) is 0 Å². The number of nitrogens with one attached hydrogen (secondary N) is 1. The quantitative estimate of drug-likeness (QED) is 0.798. The van der Waals surface area contributed by atoms with Gasteiger partial charge in [0.1, 0.15) is 4.83 Å². The Labute approximate surface area is 86.3 Å². The predicted molar refractivity (Wildman–Crippen MR) is 58.6 cm³/mol. The zero-order valence-corrected chi connectivity index (χ0v) is 9.02. The van der Waals surface area contributed by atoms with Crippen LogP contribution < -0.4 is 5.32 Å². The van der Waals surface area contributed by atoms with E-state index in [-0.39, 0.29) is 5.91 Å². The van der Waals surface area contributed by atoms with E-state index in [4.69, 9.17) is 0 Å². The Kier molecular flexibility index (Phi) is 2.29. The van der Waals surface area contributed by atoms with Gasteiger partial charge in [-0.25, -0.2) is 0 Å². The van der Waals surface area contributed by atoms with E-state index in [0.29, 0.717) is 6.42 Å². The first-order valence-corrected chi connectivity index (χ1v) is 5.32. The number of likely N-dealkylation sites (N-methyl/N-ethyl adjacent to an activating group) is 1. The molecule has 0 aliphatic carbocycles. The summed E-state index contributed by atoms with van der Waals surface area (Å²) < 4.78 is 2.08. The fourth-order valence-corrected chi connectivity index (χ4v) is 2.40. The lowest BCUT2D eigenvalue weighted by Gasteiger charge is -2.01. The monoisotopic (exact) mass is 208 g/mol. The van der Waals surface area contributed by atoms with Crippen LogP contribution in [0, 0.1) is 0 Å². The van der Waals surface area contributed by atoms with Crippen LogP contribution in [-0.4, -0.2) is 17.5 Å². The van der Waals surface area contributed by atoms with Crippen molar-refractivity contribution >= 4 is 27.5 Å². The molecule has 0 aliphatic rings. The molecule has 3 nitrogen and oxygen atoms in total. The van der Waals surface area contributed by atoms with Crippen molar-refractivity contribution in [3.8, 4) is 0 Å². The average molecular weight is 208 g/mol. The summed E-state index contributed by atoms with van der Waals surface area (Å²) in [6, 6.07) is 4.15. The van der Waals surface area contributed by atoms with Crippen LogP contribution in [0.15, 0.2) is 17.5 Å². The topological polar surface area (TPSA) is 34.0 Å². The molecule has 2 aromatic heterocycles. The number of hydrogen-bond donors (Lipinski definition) is 1. The van der Waals surface area contributed by atoms with Crippen molar-refractivity contribution in [3.05, 3.63) is 23.2 Å². The van der Waals surface area contributed by atoms with Gasteiger partial charge in [-0.15, -0.1) is 11.3 Å². The van der Waals surface area contributed by atoms with Gasteiger partial charge >= 0.3 is 0 Å². The first kappa shape index (κ1) is 9.27. The van der Waals surface area contributed by atoms with Gasteiger partial charge in [-0.05, 0) is 17.5 Å². The number of nitrogens with zero attached hydrogens (tertiary/aromatic N) is 1. The van der Waals surface area contributed by atoms with E-state index >= 15 is 0 Å². The second kappa shape index (κ2) is 3.46. The molecule has 2 rings (SSSR count). The van der Waals surface area contributed by atoms with Gasteiger partial charge in [0.2, 0.25) is 5.91 Å². The molecule has 0 unspecified atom stereocenters. The Hall–Kier alpha value is -1.29. The summed E-state index contributed by atoms with van der Waals surface area (Å²) in [4.78, 5) is 12.4. The minimum atomic E-state index is 0.0539. The van der Waals surface area contributed by atoms with Crippen molar-refractivity contribution in [2.24, 2.45) is 7.05 Å². The van der Waals surface area contributed by atoms with E-state index in [1.54, 1.807) is 18.4 Å². The third kappa shape index (κ3) is 1.42. The molecule has 2 heterocycles. The lowest BCUT2D eigenvalue weighted by molar-refractivity contribution is -0.120. The molecular formula is C10H12N2OS. The zero-order valence-electron chi connectivity index (χ0n) is 8.20. The molecule has 0 spiro atoms. The third-order valence-electron chi connectivity index (χ3n) is 2.35. The Morgan fingerprint density at radius 2 is 2.43 bits per heavy atom. The number of amides is 1. The molecule has 0 aromatic carbocycles. The van der Waals surface area contributed by atoms with Crippen LogP contribution in [0.3, 0.4) is 0 Å². The molecule has 0 fully saturated rings. The molecule has 14 heavy (non-hydrogen) atoms. The lowest BCUT2D eigenvalue weighted by atomic mass is 10.3. The Bertz CT molecular complexity index is 469. The van der Waals surface area contributed by atoms with Crippen LogP contribution in [0.1, 0.15) is 5.69 Å². The van der Waals surface area contributed by atoms with E-state index in [1.807, 2.05) is 7.05 Å². The second-order valence-corrected chi connectivity index (χ2v) is 4.12. The van der Waals surface area contributed by atoms with Gasteiger partial charge in [0, 0.05) is 25.2 Å². The van der Waals surface area contributed by atoms with Gasteiger partial charge in [0.25, 0.3) is 0 Å². The third-order valence-corrected chi connectivity index (χ3v) is 3.36. The minimum absolute atomic E-state index is 0.0539. The first-order valence-electron chi connectivity index (χ1n) is 4.44. The van der Waals surface area contributed by atoms with E-state index in [0.717, 1.165) is 5.69 Å². The largest absolute Gasteiger partial charge is 0.359 e. The molecule has 4 heteroatoms. The van der Waals surface area contributed by atoms with E-state index in [2.05, 4.69) is 27.4 Å². The van der Waals surface area contributed by atoms with Crippen LogP contribution >= 0.6 is 11.3 Å². The van der Waals surface area contributed by atoms with Crippen molar-refractivity contribution in [2.45, 2.75) is 6.42 Å². The first-order chi connectivity index (χ1) is 6.72.